The molecule has 0 atom stereocenters. The number of pyridine rings is 1. The molecule has 0 unspecified atom stereocenters. The fraction of sp³-hybridized carbons (Fsp3) is 0.524. The Morgan fingerprint density at radius 2 is 1.81 bits per heavy atom. The quantitative estimate of drug-likeness (QED) is 0.405. The van der Waals surface area contributed by atoms with Crippen molar-refractivity contribution in [2.24, 2.45) is 0 Å². The van der Waals surface area contributed by atoms with E-state index in [-0.39, 0.29) is 24.7 Å². The maximum Gasteiger partial charge on any atom is 0.310 e. The van der Waals surface area contributed by atoms with E-state index in [0.717, 1.165) is 17.0 Å². The molecule has 0 fully saturated rings. The number of carbonyl (C=O) groups is 1. The molecule has 0 bridgehead atoms. The molecule has 0 aliphatic carbocycles. The van der Waals surface area contributed by atoms with E-state index < -0.39 is 13.7 Å². The largest absolute Gasteiger partial charge is 0.460 e. The molecule has 1 aromatic heterocycles. The van der Waals surface area contributed by atoms with E-state index >= 15 is 0 Å². The zero-order chi connectivity index (χ0) is 20.2. The van der Waals surface area contributed by atoms with Gasteiger partial charge in [0.15, 0.2) is 0 Å². The van der Waals surface area contributed by atoms with Gasteiger partial charge in [0.1, 0.15) is 12.3 Å². The molecule has 148 valence electrons. The van der Waals surface area contributed by atoms with Crippen molar-refractivity contribution in [3.05, 3.63) is 46.4 Å². The second kappa shape index (κ2) is 8.40. The van der Waals surface area contributed by atoms with Crippen molar-refractivity contribution in [3.8, 4) is 0 Å². The Labute approximate surface area is 162 Å². The molecule has 0 saturated heterocycles. The van der Waals surface area contributed by atoms with Crippen LogP contribution >= 0.6 is 0 Å². The van der Waals surface area contributed by atoms with Crippen LogP contribution in [0.25, 0.3) is 10.8 Å². The molecule has 1 heterocycles. The molecular formula is C21H31NO4Si. The first kappa shape index (κ1) is 21.4. The molecule has 0 radical (unpaired) electrons. The molecule has 0 N–H and O–H groups in total. The van der Waals surface area contributed by atoms with Gasteiger partial charge in [-0.05, 0) is 49.9 Å². The van der Waals surface area contributed by atoms with E-state index in [1.54, 1.807) is 22.9 Å². The van der Waals surface area contributed by atoms with Gasteiger partial charge in [0.2, 0.25) is 0 Å². The Balaban J connectivity index is 2.16. The van der Waals surface area contributed by atoms with E-state index in [9.17, 15) is 9.59 Å². The maximum atomic E-state index is 12.8. The van der Waals surface area contributed by atoms with Crippen LogP contribution in [0.3, 0.4) is 0 Å². The number of hydrogen-bond acceptors (Lipinski definition) is 4. The number of carbonyl (C=O) groups excluding carboxylic acids is 1. The zero-order valence-electron chi connectivity index (χ0n) is 17.3. The van der Waals surface area contributed by atoms with Crippen LogP contribution in [0.1, 0.15) is 26.3 Å². The van der Waals surface area contributed by atoms with Crippen LogP contribution in [-0.4, -0.2) is 30.8 Å². The predicted molar refractivity (Wildman–Crippen MR) is 112 cm³/mol. The Morgan fingerprint density at radius 3 is 2.44 bits per heavy atom. The molecule has 0 aliphatic rings. The maximum absolute atomic E-state index is 12.8. The highest BCUT2D eigenvalue weighted by atomic mass is 28.3. The molecule has 27 heavy (non-hydrogen) atoms. The van der Waals surface area contributed by atoms with E-state index in [2.05, 4.69) is 19.6 Å². The van der Waals surface area contributed by atoms with Gasteiger partial charge in [-0.1, -0.05) is 31.8 Å². The summed E-state index contributed by atoms with van der Waals surface area (Å²) in [5, 5.41) is 1.37. The van der Waals surface area contributed by atoms with Crippen LogP contribution in [0.15, 0.2) is 35.3 Å². The molecule has 5 nitrogen and oxygen atoms in total. The van der Waals surface area contributed by atoms with E-state index in [1.165, 1.54) is 0 Å². The third kappa shape index (κ3) is 6.63. The van der Waals surface area contributed by atoms with Crippen molar-refractivity contribution in [1.29, 1.82) is 0 Å². The monoisotopic (exact) mass is 389 g/mol. The fourth-order valence-electron chi connectivity index (χ4n) is 2.71. The lowest BCUT2D eigenvalue weighted by molar-refractivity contribution is -0.153. The number of benzene rings is 1. The summed E-state index contributed by atoms with van der Waals surface area (Å²) in [6.45, 7) is 13.3. The summed E-state index contributed by atoms with van der Waals surface area (Å²) < 4.78 is 12.7. The van der Waals surface area contributed by atoms with Crippen LogP contribution in [0.5, 0.6) is 0 Å². The Hall–Kier alpha value is -1.92. The third-order valence-corrected chi connectivity index (χ3v) is 5.79. The number of esters is 1. The van der Waals surface area contributed by atoms with Gasteiger partial charge in [-0.3, -0.25) is 14.2 Å². The Bertz CT molecular complexity index is 859. The number of ether oxygens (including phenoxy) is 2. The minimum atomic E-state index is -1.15. The zero-order valence-corrected chi connectivity index (χ0v) is 18.3. The third-order valence-electron chi connectivity index (χ3n) is 4.09. The molecule has 0 saturated carbocycles. The summed E-state index contributed by atoms with van der Waals surface area (Å²) in [5.41, 5.74) is 0.166. The summed E-state index contributed by atoms with van der Waals surface area (Å²) in [4.78, 5) is 24.9. The second-order valence-electron chi connectivity index (χ2n) is 9.08. The molecule has 0 aliphatic heterocycles. The number of aromatic nitrogens is 1. The van der Waals surface area contributed by atoms with Crippen molar-refractivity contribution < 1.29 is 14.3 Å². The van der Waals surface area contributed by atoms with Gasteiger partial charge in [-0.15, -0.1) is 0 Å². The molecule has 2 aromatic rings. The number of rotatable bonds is 7. The first-order valence-electron chi connectivity index (χ1n) is 9.37. The molecule has 1 aromatic carbocycles. The van der Waals surface area contributed by atoms with Crippen molar-refractivity contribution in [1.82, 2.24) is 4.57 Å². The Kier molecular flexibility index (Phi) is 6.65. The first-order chi connectivity index (χ1) is 12.5. The summed E-state index contributed by atoms with van der Waals surface area (Å²) in [5.74, 6) is -0.297. The van der Waals surface area contributed by atoms with Crippen molar-refractivity contribution in [2.45, 2.75) is 65.2 Å². The van der Waals surface area contributed by atoms with E-state index in [4.69, 9.17) is 9.47 Å². The standard InChI is InChI=1S/C21H31NO4Si/c1-21(2,3)26-19(23)14-16-8-7-9-18-17(16)10-11-22(20(18)24)15-25-12-13-27(4,5)6/h7-11H,12-15H2,1-6H3. The van der Waals surface area contributed by atoms with Gasteiger partial charge in [-0.25, -0.2) is 0 Å². The fourth-order valence-corrected chi connectivity index (χ4v) is 3.47. The smallest absolute Gasteiger partial charge is 0.310 e. The van der Waals surface area contributed by atoms with Crippen LogP contribution in [0.2, 0.25) is 25.7 Å². The average molecular weight is 390 g/mol. The highest BCUT2D eigenvalue weighted by molar-refractivity contribution is 6.76. The number of fused-ring (bicyclic) bond motifs is 1. The van der Waals surface area contributed by atoms with Crippen molar-refractivity contribution >= 4 is 24.8 Å². The lowest BCUT2D eigenvalue weighted by Gasteiger charge is -2.19. The minimum absolute atomic E-state index is 0.105. The van der Waals surface area contributed by atoms with Crippen LogP contribution in [-0.2, 0) is 27.4 Å². The normalized spacial score (nSPS) is 12.4. The average Bonchev–Trinajstić information content (AvgIpc) is 2.51. The lowest BCUT2D eigenvalue weighted by atomic mass is 10.0. The predicted octanol–water partition coefficient (Wildman–Crippen LogP) is 4.20. The molecule has 2 rings (SSSR count). The highest BCUT2D eigenvalue weighted by Crippen LogP contribution is 2.18. The Morgan fingerprint density at radius 1 is 1.11 bits per heavy atom. The van der Waals surface area contributed by atoms with Gasteiger partial charge in [0.05, 0.1) is 6.42 Å². The van der Waals surface area contributed by atoms with Gasteiger partial charge < -0.3 is 9.47 Å². The first-order valence-corrected chi connectivity index (χ1v) is 13.1. The minimum Gasteiger partial charge on any atom is -0.460 e. The second-order valence-corrected chi connectivity index (χ2v) is 14.7. The van der Waals surface area contributed by atoms with Gasteiger partial charge in [0, 0.05) is 26.3 Å². The number of nitrogens with zero attached hydrogens (tertiary/aromatic N) is 1. The SMILES string of the molecule is CC(C)(C)OC(=O)Cc1cccc2c(=O)n(COCC[Si](C)(C)C)ccc12. The van der Waals surface area contributed by atoms with Gasteiger partial charge in [0.25, 0.3) is 5.56 Å². The molecular weight excluding hydrogens is 358 g/mol. The molecule has 0 amide bonds. The highest BCUT2D eigenvalue weighted by Gasteiger charge is 2.18. The van der Waals surface area contributed by atoms with Crippen LogP contribution in [0.4, 0.5) is 0 Å². The summed E-state index contributed by atoms with van der Waals surface area (Å²) in [7, 11) is -1.15. The van der Waals surface area contributed by atoms with Crippen molar-refractivity contribution in [2.75, 3.05) is 6.61 Å². The number of hydrogen-bond donors (Lipinski definition) is 0. The van der Waals surface area contributed by atoms with Gasteiger partial charge >= 0.3 is 5.97 Å². The summed E-state index contributed by atoms with van der Waals surface area (Å²) >= 11 is 0. The lowest BCUT2D eigenvalue weighted by Crippen LogP contribution is -2.25. The van der Waals surface area contributed by atoms with E-state index in [1.807, 2.05) is 32.9 Å². The van der Waals surface area contributed by atoms with Gasteiger partial charge in [-0.2, -0.15) is 0 Å². The van der Waals surface area contributed by atoms with E-state index in [0.29, 0.717) is 12.0 Å². The van der Waals surface area contributed by atoms with Crippen LogP contribution in [0, 0.1) is 0 Å². The van der Waals surface area contributed by atoms with Crippen LogP contribution < -0.4 is 5.56 Å². The summed E-state index contributed by atoms with van der Waals surface area (Å²) in [6.07, 6.45) is 1.88. The topological polar surface area (TPSA) is 57.5 Å². The summed E-state index contributed by atoms with van der Waals surface area (Å²) in [6, 6.07) is 8.39. The molecule has 6 heteroatoms. The molecule has 0 spiro atoms. The van der Waals surface area contributed by atoms with Crippen molar-refractivity contribution in [3.63, 3.8) is 0 Å².